The number of hydrogen-bond donors (Lipinski definition) is 0. The zero-order valence-corrected chi connectivity index (χ0v) is 9.41. The molecule has 1 nitrogen and oxygen atoms in total. The highest BCUT2D eigenvalue weighted by Crippen LogP contribution is 2.24. The molecule has 0 aliphatic carbocycles. The highest BCUT2D eigenvalue weighted by molar-refractivity contribution is 5.68. The molecule has 2 aromatic carbocycles. The molecule has 0 spiro atoms. The second-order valence-electron chi connectivity index (χ2n) is 3.85. The highest BCUT2D eigenvalue weighted by Gasteiger charge is 2.03. The van der Waals surface area contributed by atoms with E-state index in [1.807, 2.05) is 30.3 Å². The SMILES string of the molecule is Cc1cc[c]c(-c2ccc(C#N)cc2)c1C. The molecule has 77 valence electrons. The average Bonchev–Trinajstić information content (AvgIpc) is 2.33. The standard InChI is InChI=1S/C15H12N/c1-11-4-3-5-15(12(11)2)14-8-6-13(10-16)7-9-14/h3-4,6-9H,1-2H3. The Hall–Kier alpha value is -2.07. The molecule has 0 aliphatic rings. The van der Waals surface area contributed by atoms with Gasteiger partial charge in [0.25, 0.3) is 0 Å². The first-order valence-electron chi connectivity index (χ1n) is 5.21. The van der Waals surface area contributed by atoms with Crippen LogP contribution in [0.2, 0.25) is 0 Å². The highest BCUT2D eigenvalue weighted by atomic mass is 14.2. The predicted octanol–water partition coefficient (Wildman–Crippen LogP) is 3.64. The molecule has 1 heteroatoms. The van der Waals surface area contributed by atoms with Crippen LogP contribution in [0.3, 0.4) is 0 Å². The lowest BCUT2D eigenvalue weighted by atomic mass is 9.96. The van der Waals surface area contributed by atoms with Crippen molar-refractivity contribution in [1.29, 1.82) is 5.26 Å². The van der Waals surface area contributed by atoms with Crippen LogP contribution >= 0.6 is 0 Å². The molecule has 0 bridgehead atoms. The minimum atomic E-state index is 0.689. The summed E-state index contributed by atoms with van der Waals surface area (Å²) < 4.78 is 0. The minimum absolute atomic E-state index is 0.689. The number of benzene rings is 2. The van der Waals surface area contributed by atoms with Crippen LogP contribution in [0.5, 0.6) is 0 Å². The lowest BCUT2D eigenvalue weighted by molar-refractivity contribution is 1.33. The molecule has 0 amide bonds. The van der Waals surface area contributed by atoms with E-state index in [0.29, 0.717) is 5.56 Å². The van der Waals surface area contributed by atoms with Crippen molar-refractivity contribution in [3.8, 4) is 17.2 Å². The molecule has 0 fully saturated rings. The average molecular weight is 206 g/mol. The summed E-state index contributed by atoms with van der Waals surface area (Å²) in [5.74, 6) is 0. The fourth-order valence-electron chi connectivity index (χ4n) is 1.69. The molecule has 0 saturated carbocycles. The van der Waals surface area contributed by atoms with E-state index in [4.69, 9.17) is 5.26 Å². The van der Waals surface area contributed by atoms with E-state index >= 15 is 0 Å². The largest absolute Gasteiger partial charge is 0.192 e. The number of nitrogens with zero attached hydrogens (tertiary/aromatic N) is 1. The van der Waals surface area contributed by atoms with Crippen molar-refractivity contribution in [2.45, 2.75) is 13.8 Å². The van der Waals surface area contributed by atoms with Crippen molar-refractivity contribution in [2.75, 3.05) is 0 Å². The second-order valence-corrected chi connectivity index (χ2v) is 3.85. The molecule has 0 atom stereocenters. The third-order valence-corrected chi connectivity index (χ3v) is 2.83. The Morgan fingerprint density at radius 1 is 1.06 bits per heavy atom. The second kappa shape index (κ2) is 4.20. The fourth-order valence-corrected chi connectivity index (χ4v) is 1.69. The first-order chi connectivity index (χ1) is 7.72. The molecule has 0 aromatic heterocycles. The van der Waals surface area contributed by atoms with E-state index in [1.165, 1.54) is 11.1 Å². The molecule has 2 aromatic rings. The van der Waals surface area contributed by atoms with Crippen molar-refractivity contribution in [3.63, 3.8) is 0 Å². The maximum atomic E-state index is 8.74. The monoisotopic (exact) mass is 206 g/mol. The zero-order chi connectivity index (χ0) is 11.5. The summed E-state index contributed by atoms with van der Waals surface area (Å²) in [5.41, 5.74) is 5.42. The van der Waals surface area contributed by atoms with Gasteiger partial charge in [0.05, 0.1) is 11.6 Å². The lowest BCUT2D eigenvalue weighted by Gasteiger charge is -2.07. The third-order valence-electron chi connectivity index (χ3n) is 2.83. The zero-order valence-electron chi connectivity index (χ0n) is 9.41. The fraction of sp³-hybridized carbons (Fsp3) is 0.133. The molecule has 0 heterocycles. The summed E-state index contributed by atoms with van der Waals surface area (Å²) in [6.07, 6.45) is 0. The van der Waals surface area contributed by atoms with Crippen LogP contribution in [0.1, 0.15) is 16.7 Å². The van der Waals surface area contributed by atoms with Gasteiger partial charge in [0.15, 0.2) is 0 Å². The first-order valence-corrected chi connectivity index (χ1v) is 5.21. The van der Waals surface area contributed by atoms with E-state index in [0.717, 1.165) is 11.1 Å². The van der Waals surface area contributed by atoms with Gasteiger partial charge in [-0.15, -0.1) is 0 Å². The van der Waals surface area contributed by atoms with Crippen molar-refractivity contribution < 1.29 is 0 Å². The van der Waals surface area contributed by atoms with Gasteiger partial charge in [-0.3, -0.25) is 0 Å². The Kier molecular flexibility index (Phi) is 2.74. The van der Waals surface area contributed by atoms with Gasteiger partial charge in [-0.2, -0.15) is 5.26 Å². The smallest absolute Gasteiger partial charge is 0.0991 e. The molecule has 0 saturated heterocycles. The first kappa shape index (κ1) is 10.4. The number of hydrogen-bond acceptors (Lipinski definition) is 1. The van der Waals surface area contributed by atoms with Crippen molar-refractivity contribution >= 4 is 0 Å². The predicted molar refractivity (Wildman–Crippen MR) is 64.9 cm³/mol. The maximum absolute atomic E-state index is 8.74. The van der Waals surface area contributed by atoms with Crippen molar-refractivity contribution in [3.05, 3.63) is 59.2 Å². The quantitative estimate of drug-likeness (QED) is 0.698. The molecular weight excluding hydrogens is 194 g/mol. The van der Waals surface area contributed by atoms with Gasteiger partial charge in [-0.1, -0.05) is 24.3 Å². The minimum Gasteiger partial charge on any atom is -0.192 e. The van der Waals surface area contributed by atoms with E-state index in [2.05, 4.69) is 32.0 Å². The van der Waals surface area contributed by atoms with E-state index in [9.17, 15) is 0 Å². The van der Waals surface area contributed by atoms with E-state index in [1.54, 1.807) is 0 Å². The van der Waals surface area contributed by atoms with Gasteiger partial charge in [0.1, 0.15) is 0 Å². The molecule has 16 heavy (non-hydrogen) atoms. The number of rotatable bonds is 1. The molecule has 0 unspecified atom stereocenters. The molecule has 1 radical (unpaired) electrons. The van der Waals surface area contributed by atoms with Crippen LogP contribution < -0.4 is 0 Å². The van der Waals surface area contributed by atoms with Crippen LogP contribution in [0, 0.1) is 31.2 Å². The Balaban J connectivity index is 2.51. The van der Waals surface area contributed by atoms with Crippen LogP contribution in [-0.2, 0) is 0 Å². The lowest BCUT2D eigenvalue weighted by Crippen LogP contribution is -1.87. The van der Waals surface area contributed by atoms with Gasteiger partial charge >= 0.3 is 0 Å². The van der Waals surface area contributed by atoms with E-state index in [-0.39, 0.29) is 0 Å². The van der Waals surface area contributed by atoms with Gasteiger partial charge < -0.3 is 0 Å². The van der Waals surface area contributed by atoms with Gasteiger partial charge in [-0.25, -0.2) is 0 Å². The molecule has 0 N–H and O–H groups in total. The number of nitriles is 1. The molecular formula is C15H12N. The summed E-state index contributed by atoms with van der Waals surface area (Å²) >= 11 is 0. The van der Waals surface area contributed by atoms with Gasteiger partial charge in [0, 0.05) is 0 Å². The topological polar surface area (TPSA) is 23.8 Å². The maximum Gasteiger partial charge on any atom is 0.0991 e. The Morgan fingerprint density at radius 2 is 1.75 bits per heavy atom. The third kappa shape index (κ3) is 1.83. The van der Waals surface area contributed by atoms with E-state index < -0.39 is 0 Å². The Morgan fingerprint density at radius 3 is 2.38 bits per heavy atom. The van der Waals surface area contributed by atoms with Crippen molar-refractivity contribution in [2.24, 2.45) is 0 Å². The Bertz CT molecular complexity index is 545. The summed E-state index contributed by atoms with van der Waals surface area (Å²) in [4.78, 5) is 0. The van der Waals surface area contributed by atoms with Gasteiger partial charge in [0.2, 0.25) is 0 Å². The van der Waals surface area contributed by atoms with Crippen LogP contribution in [0.4, 0.5) is 0 Å². The van der Waals surface area contributed by atoms with Crippen LogP contribution in [0.25, 0.3) is 11.1 Å². The number of aryl methyl sites for hydroxylation is 1. The summed E-state index contributed by atoms with van der Waals surface area (Å²) in [6, 6.07) is 17.0. The summed E-state index contributed by atoms with van der Waals surface area (Å²) in [6.45, 7) is 4.19. The normalized spacial score (nSPS) is 9.81. The summed E-state index contributed by atoms with van der Waals surface area (Å²) in [7, 11) is 0. The Labute approximate surface area is 96.0 Å². The van der Waals surface area contributed by atoms with Gasteiger partial charge in [-0.05, 0) is 54.3 Å². The van der Waals surface area contributed by atoms with Crippen molar-refractivity contribution in [1.82, 2.24) is 0 Å². The van der Waals surface area contributed by atoms with Crippen LogP contribution in [-0.4, -0.2) is 0 Å². The van der Waals surface area contributed by atoms with Crippen LogP contribution in [0.15, 0.2) is 36.4 Å². The summed E-state index contributed by atoms with van der Waals surface area (Å²) in [5, 5.41) is 8.74. The molecule has 2 rings (SSSR count). The molecule has 0 aliphatic heterocycles.